The molecule has 0 aliphatic carbocycles. The minimum atomic E-state index is -0.144. The van der Waals surface area contributed by atoms with Crippen molar-refractivity contribution in [3.05, 3.63) is 18.4 Å². The number of nitrogens with zero attached hydrogens (tertiary/aromatic N) is 1. The van der Waals surface area contributed by atoms with Crippen LogP contribution in [-0.4, -0.2) is 10.8 Å². The lowest BCUT2D eigenvalue weighted by molar-refractivity contribution is 0.545. The smallest absolute Gasteiger partial charge is 0.261 e. The zero-order valence-electron chi connectivity index (χ0n) is 4.50. The van der Waals surface area contributed by atoms with Gasteiger partial charge in [-0.2, -0.15) is 0 Å². The van der Waals surface area contributed by atoms with Crippen LogP contribution in [0.5, 0.6) is 0 Å². The Labute approximate surface area is 58.0 Å². The maximum Gasteiger partial charge on any atom is 0.261 e. The van der Waals surface area contributed by atoms with Gasteiger partial charge in [0.15, 0.2) is 5.84 Å². The fourth-order valence-corrected chi connectivity index (χ4v) is 0.356. The van der Waals surface area contributed by atoms with Gasteiger partial charge in [-0.15, -0.1) is 12.4 Å². The first kappa shape index (κ1) is 7.97. The molecule has 4 nitrogen and oxygen atoms in total. The highest BCUT2D eigenvalue weighted by Crippen LogP contribution is 1.89. The molecule has 1 aromatic heterocycles. The summed E-state index contributed by atoms with van der Waals surface area (Å²) >= 11 is 0. The highest BCUT2D eigenvalue weighted by atomic mass is 35.5. The standard InChI is InChI=1S/C4H5N3O.ClH/c5-3(6)4-7-1-2-8-4;/h1-2H,(H3,5,6);1H. The van der Waals surface area contributed by atoms with Crippen molar-refractivity contribution < 1.29 is 4.42 Å². The SMILES string of the molecule is Cl.N=C(N)c1ncco1. The third-order valence-corrected chi connectivity index (χ3v) is 0.663. The van der Waals surface area contributed by atoms with Gasteiger partial charge in [0, 0.05) is 0 Å². The van der Waals surface area contributed by atoms with E-state index >= 15 is 0 Å². The molecule has 1 rings (SSSR count). The van der Waals surface area contributed by atoms with Crippen LogP contribution in [0.3, 0.4) is 0 Å². The monoisotopic (exact) mass is 147 g/mol. The summed E-state index contributed by atoms with van der Waals surface area (Å²) in [6, 6.07) is 0. The Bertz CT molecular complexity index is 184. The second kappa shape index (κ2) is 3.09. The van der Waals surface area contributed by atoms with Gasteiger partial charge in [0.2, 0.25) is 0 Å². The number of nitrogens with one attached hydrogen (secondary N) is 1. The lowest BCUT2D eigenvalue weighted by atomic mass is 10.6. The van der Waals surface area contributed by atoms with Crippen molar-refractivity contribution >= 4 is 18.2 Å². The summed E-state index contributed by atoms with van der Waals surface area (Å²) in [6.07, 6.45) is 2.81. The van der Waals surface area contributed by atoms with Gasteiger partial charge in [-0.1, -0.05) is 0 Å². The minimum absolute atomic E-state index is 0. The number of halogens is 1. The first-order chi connectivity index (χ1) is 3.80. The molecule has 9 heavy (non-hydrogen) atoms. The number of oxazole rings is 1. The molecule has 0 aliphatic heterocycles. The minimum Gasteiger partial charge on any atom is -0.442 e. The van der Waals surface area contributed by atoms with Crippen LogP contribution in [-0.2, 0) is 0 Å². The second-order valence-electron chi connectivity index (χ2n) is 1.25. The predicted molar refractivity (Wildman–Crippen MR) is 34.8 cm³/mol. The first-order valence-corrected chi connectivity index (χ1v) is 2.04. The van der Waals surface area contributed by atoms with Gasteiger partial charge in [0.05, 0.1) is 6.20 Å². The van der Waals surface area contributed by atoms with E-state index in [9.17, 15) is 0 Å². The molecule has 0 radical (unpaired) electrons. The van der Waals surface area contributed by atoms with Crippen LogP contribution in [0.1, 0.15) is 5.89 Å². The molecular weight excluding hydrogens is 142 g/mol. The Morgan fingerprint density at radius 2 is 2.44 bits per heavy atom. The lowest BCUT2D eigenvalue weighted by Gasteiger charge is -1.82. The molecule has 0 aromatic carbocycles. The number of aromatic nitrogens is 1. The maximum absolute atomic E-state index is 6.77. The molecule has 0 saturated carbocycles. The largest absolute Gasteiger partial charge is 0.442 e. The van der Waals surface area contributed by atoms with Crippen molar-refractivity contribution in [2.45, 2.75) is 0 Å². The fraction of sp³-hybridized carbons (Fsp3) is 0. The molecule has 5 heteroatoms. The van der Waals surface area contributed by atoms with Crippen LogP contribution in [0, 0.1) is 5.41 Å². The van der Waals surface area contributed by atoms with Crippen LogP contribution >= 0.6 is 12.4 Å². The third kappa shape index (κ3) is 1.73. The molecule has 0 aliphatic rings. The topological polar surface area (TPSA) is 75.9 Å². The Balaban J connectivity index is 0.000000640. The van der Waals surface area contributed by atoms with Gasteiger partial charge >= 0.3 is 0 Å². The van der Waals surface area contributed by atoms with E-state index in [1.807, 2.05) is 0 Å². The summed E-state index contributed by atoms with van der Waals surface area (Å²) in [5.74, 6) is 0.0278. The first-order valence-electron chi connectivity index (χ1n) is 2.04. The average molecular weight is 148 g/mol. The van der Waals surface area contributed by atoms with E-state index in [0.29, 0.717) is 0 Å². The Hall–Kier alpha value is -1.03. The number of rotatable bonds is 1. The van der Waals surface area contributed by atoms with Gasteiger partial charge in [0.25, 0.3) is 5.89 Å². The Morgan fingerprint density at radius 3 is 2.67 bits per heavy atom. The van der Waals surface area contributed by atoms with Crippen molar-refractivity contribution in [3.8, 4) is 0 Å². The Morgan fingerprint density at radius 1 is 1.78 bits per heavy atom. The van der Waals surface area contributed by atoms with E-state index in [1.165, 1.54) is 12.5 Å². The van der Waals surface area contributed by atoms with Crippen LogP contribution in [0.4, 0.5) is 0 Å². The van der Waals surface area contributed by atoms with Crippen molar-refractivity contribution in [2.75, 3.05) is 0 Å². The van der Waals surface area contributed by atoms with E-state index in [0.717, 1.165) is 0 Å². The number of hydrogen-bond donors (Lipinski definition) is 2. The summed E-state index contributed by atoms with van der Waals surface area (Å²) in [7, 11) is 0. The van der Waals surface area contributed by atoms with Crippen LogP contribution < -0.4 is 5.73 Å². The maximum atomic E-state index is 6.77. The molecule has 0 unspecified atom stereocenters. The van der Waals surface area contributed by atoms with Gasteiger partial charge in [-0.05, 0) is 0 Å². The van der Waals surface area contributed by atoms with Gasteiger partial charge in [0.1, 0.15) is 6.26 Å². The molecule has 0 spiro atoms. The van der Waals surface area contributed by atoms with Crippen LogP contribution in [0.15, 0.2) is 16.9 Å². The molecule has 50 valence electrons. The highest BCUT2D eigenvalue weighted by molar-refractivity contribution is 5.90. The molecule has 1 aromatic rings. The molecule has 3 N–H and O–H groups in total. The molecule has 0 bridgehead atoms. The van der Waals surface area contributed by atoms with Gasteiger partial charge < -0.3 is 10.2 Å². The number of amidine groups is 1. The summed E-state index contributed by atoms with van der Waals surface area (Å²) in [4.78, 5) is 3.60. The predicted octanol–water partition coefficient (Wildman–Crippen LogP) is 0.380. The number of hydrogen-bond acceptors (Lipinski definition) is 3. The van der Waals surface area contributed by atoms with E-state index in [4.69, 9.17) is 11.1 Å². The average Bonchev–Trinajstić information content (AvgIpc) is 2.12. The van der Waals surface area contributed by atoms with E-state index in [2.05, 4.69) is 9.40 Å². The van der Waals surface area contributed by atoms with Crippen LogP contribution in [0.2, 0.25) is 0 Å². The van der Waals surface area contributed by atoms with Crippen molar-refractivity contribution in [2.24, 2.45) is 5.73 Å². The molecular formula is C4H6ClN3O. The summed E-state index contributed by atoms with van der Waals surface area (Å²) < 4.78 is 4.63. The normalized spacial score (nSPS) is 8.00. The lowest BCUT2D eigenvalue weighted by Crippen LogP contribution is -2.10. The van der Waals surface area contributed by atoms with Crippen molar-refractivity contribution in [1.29, 1.82) is 5.41 Å². The van der Waals surface area contributed by atoms with Gasteiger partial charge in [-0.3, -0.25) is 5.41 Å². The highest BCUT2D eigenvalue weighted by Gasteiger charge is 1.96. The van der Waals surface area contributed by atoms with Crippen molar-refractivity contribution in [3.63, 3.8) is 0 Å². The molecule has 1 heterocycles. The summed E-state index contributed by atoms with van der Waals surface area (Å²) in [5.41, 5.74) is 4.99. The zero-order valence-corrected chi connectivity index (χ0v) is 5.31. The number of nitrogen functional groups attached to an aromatic ring is 1. The third-order valence-electron chi connectivity index (χ3n) is 0.663. The van der Waals surface area contributed by atoms with E-state index in [1.54, 1.807) is 0 Å². The fourth-order valence-electron chi connectivity index (χ4n) is 0.356. The van der Waals surface area contributed by atoms with Crippen molar-refractivity contribution in [1.82, 2.24) is 4.98 Å². The molecule has 0 amide bonds. The second-order valence-corrected chi connectivity index (χ2v) is 1.25. The van der Waals surface area contributed by atoms with E-state index in [-0.39, 0.29) is 24.1 Å². The molecule has 0 fully saturated rings. The summed E-state index contributed by atoms with van der Waals surface area (Å²) in [6.45, 7) is 0. The zero-order chi connectivity index (χ0) is 5.98. The van der Waals surface area contributed by atoms with Crippen LogP contribution in [0.25, 0.3) is 0 Å². The van der Waals surface area contributed by atoms with E-state index < -0.39 is 0 Å². The quantitative estimate of drug-likeness (QED) is 0.446. The van der Waals surface area contributed by atoms with Gasteiger partial charge in [-0.25, -0.2) is 4.98 Å². The molecule has 0 atom stereocenters. The number of nitrogens with two attached hydrogens (primary N) is 1. The molecule has 0 saturated heterocycles. The Kier molecular flexibility index (Phi) is 2.73. The summed E-state index contributed by atoms with van der Waals surface area (Å²) in [5, 5.41) is 6.77.